The zero-order chi connectivity index (χ0) is 15.0. The molecule has 1 aromatic carbocycles. The first kappa shape index (κ1) is 14.0. The van der Waals surface area contributed by atoms with Gasteiger partial charge in [0.05, 0.1) is 5.37 Å². The highest BCUT2D eigenvalue weighted by Crippen LogP contribution is 2.33. The van der Waals surface area contributed by atoms with Crippen LogP contribution in [0.4, 0.5) is 0 Å². The minimum atomic E-state index is -0.937. The highest BCUT2D eigenvalue weighted by atomic mass is 32.2. The van der Waals surface area contributed by atoms with Crippen LogP contribution in [0.2, 0.25) is 0 Å². The number of carboxylic acid groups (broad SMARTS) is 1. The van der Waals surface area contributed by atoms with Gasteiger partial charge in [0.25, 0.3) is 5.91 Å². The summed E-state index contributed by atoms with van der Waals surface area (Å²) in [6, 6.07) is 6.61. The van der Waals surface area contributed by atoms with Crippen molar-refractivity contribution in [1.82, 2.24) is 9.88 Å². The number of carboxylic acids is 1. The van der Waals surface area contributed by atoms with Gasteiger partial charge in [0.15, 0.2) is 0 Å². The van der Waals surface area contributed by atoms with Gasteiger partial charge < -0.3 is 15.0 Å². The normalized spacial score (nSPS) is 21.9. The standard InChI is InChI=1S/C15H16N2O3S/c1-2-13-17(12(8-21-13)15(19)20)14(18)10-4-3-9-5-6-16-11(9)7-10/h3-7,12-13,16H,2,8H2,1H3,(H,19,20). The third-order valence-corrected chi connectivity index (χ3v) is 5.22. The molecule has 1 aromatic heterocycles. The first-order valence-corrected chi connectivity index (χ1v) is 7.91. The summed E-state index contributed by atoms with van der Waals surface area (Å²) in [4.78, 5) is 28.7. The topological polar surface area (TPSA) is 73.4 Å². The van der Waals surface area contributed by atoms with E-state index in [0.717, 1.165) is 17.3 Å². The maximum absolute atomic E-state index is 12.7. The van der Waals surface area contributed by atoms with E-state index >= 15 is 0 Å². The second-order valence-electron chi connectivity index (χ2n) is 5.04. The number of nitrogens with zero attached hydrogens (tertiary/aromatic N) is 1. The zero-order valence-electron chi connectivity index (χ0n) is 11.6. The lowest BCUT2D eigenvalue weighted by atomic mass is 10.1. The summed E-state index contributed by atoms with van der Waals surface area (Å²) in [6.07, 6.45) is 2.56. The Morgan fingerprint density at radius 2 is 2.24 bits per heavy atom. The van der Waals surface area contributed by atoms with E-state index in [1.807, 2.05) is 25.3 Å². The number of aliphatic carboxylic acids is 1. The quantitative estimate of drug-likeness (QED) is 0.914. The Morgan fingerprint density at radius 1 is 1.43 bits per heavy atom. The summed E-state index contributed by atoms with van der Waals surface area (Å²) in [5.41, 5.74) is 1.41. The van der Waals surface area contributed by atoms with E-state index in [4.69, 9.17) is 0 Å². The number of fused-ring (bicyclic) bond motifs is 1. The molecule has 0 radical (unpaired) electrons. The number of nitrogens with one attached hydrogen (secondary N) is 1. The van der Waals surface area contributed by atoms with Crippen LogP contribution >= 0.6 is 11.8 Å². The van der Waals surface area contributed by atoms with Gasteiger partial charge in [-0.2, -0.15) is 0 Å². The van der Waals surface area contributed by atoms with Gasteiger partial charge >= 0.3 is 5.97 Å². The van der Waals surface area contributed by atoms with Gasteiger partial charge in [-0.25, -0.2) is 4.79 Å². The molecular weight excluding hydrogens is 288 g/mol. The summed E-state index contributed by atoms with van der Waals surface area (Å²) in [7, 11) is 0. The summed E-state index contributed by atoms with van der Waals surface area (Å²) in [6.45, 7) is 1.97. The molecule has 2 unspecified atom stereocenters. The van der Waals surface area contributed by atoms with E-state index in [9.17, 15) is 14.7 Å². The number of thioether (sulfide) groups is 1. The molecule has 0 saturated carbocycles. The van der Waals surface area contributed by atoms with Crippen LogP contribution in [-0.2, 0) is 4.79 Å². The number of H-pyrrole nitrogens is 1. The number of aromatic amines is 1. The molecule has 1 aliphatic heterocycles. The number of hydrogen-bond acceptors (Lipinski definition) is 3. The van der Waals surface area contributed by atoms with Crippen LogP contribution in [0.15, 0.2) is 30.5 Å². The molecule has 0 aliphatic carbocycles. The minimum Gasteiger partial charge on any atom is -0.480 e. The summed E-state index contributed by atoms with van der Waals surface area (Å²) in [5.74, 6) is -0.701. The SMILES string of the molecule is CCC1SCC(C(=O)O)N1C(=O)c1ccc2cc[nH]c2c1. The zero-order valence-corrected chi connectivity index (χ0v) is 12.4. The molecular formula is C15H16N2O3S. The van der Waals surface area contributed by atoms with Gasteiger partial charge in [-0.3, -0.25) is 4.79 Å². The maximum Gasteiger partial charge on any atom is 0.327 e. The van der Waals surface area contributed by atoms with E-state index in [0.29, 0.717) is 11.3 Å². The third kappa shape index (κ3) is 2.40. The van der Waals surface area contributed by atoms with Gasteiger partial charge in [-0.1, -0.05) is 13.0 Å². The fraction of sp³-hybridized carbons (Fsp3) is 0.333. The number of carbonyl (C=O) groups is 2. The smallest absolute Gasteiger partial charge is 0.327 e. The van der Waals surface area contributed by atoms with Gasteiger partial charge in [0, 0.05) is 23.0 Å². The Morgan fingerprint density at radius 3 is 2.95 bits per heavy atom. The molecule has 6 heteroatoms. The van der Waals surface area contributed by atoms with Gasteiger partial charge in [-0.05, 0) is 30.0 Å². The molecule has 21 heavy (non-hydrogen) atoms. The van der Waals surface area contributed by atoms with Gasteiger partial charge in [0.2, 0.25) is 0 Å². The molecule has 3 rings (SSSR count). The van der Waals surface area contributed by atoms with E-state index in [-0.39, 0.29) is 11.3 Å². The monoisotopic (exact) mass is 304 g/mol. The van der Waals surface area contributed by atoms with Crippen LogP contribution in [0, 0.1) is 0 Å². The average Bonchev–Trinajstić information content (AvgIpc) is 3.11. The molecule has 110 valence electrons. The Kier molecular flexibility index (Phi) is 3.63. The number of rotatable bonds is 3. The lowest BCUT2D eigenvalue weighted by Gasteiger charge is -2.26. The molecule has 0 bridgehead atoms. The molecule has 1 saturated heterocycles. The van der Waals surface area contributed by atoms with Crippen molar-refractivity contribution >= 4 is 34.5 Å². The molecule has 5 nitrogen and oxygen atoms in total. The Labute approximate surface area is 126 Å². The maximum atomic E-state index is 12.7. The number of benzene rings is 1. The van der Waals surface area contributed by atoms with Crippen molar-refractivity contribution in [1.29, 1.82) is 0 Å². The molecule has 2 aromatic rings. The molecule has 2 N–H and O–H groups in total. The number of amides is 1. The summed E-state index contributed by atoms with van der Waals surface area (Å²) in [5, 5.41) is 10.3. The van der Waals surface area contributed by atoms with Crippen LogP contribution in [0.1, 0.15) is 23.7 Å². The number of aromatic nitrogens is 1. The van der Waals surface area contributed by atoms with E-state index in [1.54, 1.807) is 12.1 Å². The molecule has 2 heterocycles. The number of hydrogen-bond donors (Lipinski definition) is 2. The van der Waals surface area contributed by atoms with E-state index in [2.05, 4.69) is 4.98 Å². The van der Waals surface area contributed by atoms with Crippen LogP contribution in [-0.4, -0.2) is 44.0 Å². The molecule has 1 aliphatic rings. The van der Waals surface area contributed by atoms with Crippen molar-refractivity contribution in [3.05, 3.63) is 36.0 Å². The highest BCUT2D eigenvalue weighted by Gasteiger charge is 2.41. The predicted octanol–water partition coefficient (Wildman–Crippen LogP) is 2.55. The van der Waals surface area contributed by atoms with E-state index < -0.39 is 12.0 Å². The number of carbonyl (C=O) groups excluding carboxylic acids is 1. The second kappa shape index (κ2) is 5.44. The Balaban J connectivity index is 1.96. The lowest BCUT2D eigenvalue weighted by Crippen LogP contribution is -2.45. The van der Waals surface area contributed by atoms with Crippen molar-refractivity contribution in [2.24, 2.45) is 0 Å². The third-order valence-electron chi connectivity index (χ3n) is 3.76. The van der Waals surface area contributed by atoms with Crippen molar-refractivity contribution in [2.75, 3.05) is 5.75 Å². The van der Waals surface area contributed by atoms with Crippen molar-refractivity contribution < 1.29 is 14.7 Å². The Bertz CT molecular complexity index is 697. The van der Waals surface area contributed by atoms with Crippen molar-refractivity contribution in [3.63, 3.8) is 0 Å². The van der Waals surface area contributed by atoms with E-state index in [1.165, 1.54) is 16.7 Å². The van der Waals surface area contributed by atoms with Crippen LogP contribution in [0.25, 0.3) is 10.9 Å². The molecule has 1 amide bonds. The van der Waals surface area contributed by atoms with Gasteiger partial charge in [0.1, 0.15) is 6.04 Å². The summed E-state index contributed by atoms with van der Waals surface area (Å²) >= 11 is 1.53. The van der Waals surface area contributed by atoms with Crippen LogP contribution in [0.3, 0.4) is 0 Å². The second-order valence-corrected chi connectivity index (χ2v) is 6.25. The lowest BCUT2D eigenvalue weighted by molar-refractivity contribution is -0.141. The highest BCUT2D eigenvalue weighted by molar-refractivity contribution is 8.00. The first-order valence-electron chi connectivity index (χ1n) is 6.86. The minimum absolute atomic E-state index is 0.0714. The largest absolute Gasteiger partial charge is 0.480 e. The molecule has 2 atom stereocenters. The molecule has 1 fully saturated rings. The molecule has 0 spiro atoms. The van der Waals surface area contributed by atoms with Gasteiger partial charge in [-0.15, -0.1) is 11.8 Å². The summed E-state index contributed by atoms with van der Waals surface area (Å²) < 4.78 is 0. The fourth-order valence-electron chi connectivity index (χ4n) is 2.67. The Hall–Kier alpha value is -1.95. The van der Waals surface area contributed by atoms with Crippen molar-refractivity contribution in [2.45, 2.75) is 24.8 Å². The van der Waals surface area contributed by atoms with Crippen molar-refractivity contribution in [3.8, 4) is 0 Å². The van der Waals surface area contributed by atoms with Crippen LogP contribution < -0.4 is 0 Å². The average molecular weight is 304 g/mol. The fourth-order valence-corrected chi connectivity index (χ4v) is 4.02. The predicted molar refractivity (Wildman–Crippen MR) is 82.4 cm³/mol. The van der Waals surface area contributed by atoms with Crippen LogP contribution in [0.5, 0.6) is 0 Å². The first-order chi connectivity index (χ1) is 10.1.